The first kappa shape index (κ1) is 24.3. The van der Waals surface area contributed by atoms with Crippen LogP contribution in [0, 0.1) is 0 Å². The molecule has 1 aromatic carbocycles. The highest BCUT2D eigenvalue weighted by Crippen LogP contribution is 2.31. The molecule has 13 nitrogen and oxygen atoms in total. The zero-order valence-corrected chi connectivity index (χ0v) is 20.1. The van der Waals surface area contributed by atoms with Crippen LogP contribution < -0.4 is 20.7 Å². The second-order valence-electron chi connectivity index (χ2n) is 9.18. The maximum atomic E-state index is 13.1. The van der Waals surface area contributed by atoms with Crippen LogP contribution in [0.25, 0.3) is 11.2 Å². The van der Waals surface area contributed by atoms with Crippen molar-refractivity contribution < 1.29 is 24.2 Å². The number of benzene rings is 1. The number of anilines is 1. The summed E-state index contributed by atoms with van der Waals surface area (Å²) in [6, 6.07) is 4.67. The number of ether oxygens (including phenoxy) is 1. The summed E-state index contributed by atoms with van der Waals surface area (Å²) >= 11 is 0. The largest absolute Gasteiger partial charge is 0.491 e. The Hall–Kier alpha value is -4.42. The van der Waals surface area contributed by atoms with Crippen LogP contribution in [0.4, 0.5) is 10.6 Å². The molecule has 0 radical (unpaired) electrons. The number of nitrogens with two attached hydrogens (primary N) is 1. The number of rotatable bonds is 8. The van der Waals surface area contributed by atoms with Crippen molar-refractivity contribution >= 4 is 34.9 Å². The smallest absolute Gasteiger partial charge is 0.405 e. The summed E-state index contributed by atoms with van der Waals surface area (Å²) in [5, 5.41) is 11.2. The average molecular weight is 509 g/mol. The molecule has 2 atom stereocenters. The van der Waals surface area contributed by atoms with Gasteiger partial charge >= 0.3 is 6.09 Å². The second kappa shape index (κ2) is 10.3. The molecule has 37 heavy (non-hydrogen) atoms. The number of H-pyrrole nitrogens is 1. The lowest BCUT2D eigenvalue weighted by molar-refractivity contribution is -0.136. The number of nitrogens with one attached hydrogen (secondary N) is 2. The van der Waals surface area contributed by atoms with Gasteiger partial charge in [0.1, 0.15) is 30.2 Å². The zero-order chi connectivity index (χ0) is 25.9. The third-order valence-corrected chi connectivity index (χ3v) is 6.83. The van der Waals surface area contributed by atoms with E-state index in [1.807, 2.05) is 18.2 Å². The van der Waals surface area contributed by atoms with E-state index in [0.717, 1.165) is 41.8 Å². The van der Waals surface area contributed by atoms with Crippen LogP contribution >= 0.6 is 0 Å². The summed E-state index contributed by atoms with van der Waals surface area (Å²) in [4.78, 5) is 55.4. The number of carbonyl (C=O) groups is 3. The molecule has 13 heteroatoms. The van der Waals surface area contributed by atoms with Gasteiger partial charge in [-0.25, -0.2) is 19.7 Å². The predicted octanol–water partition coefficient (Wildman–Crippen LogP) is 0.797. The Morgan fingerprint density at radius 3 is 2.92 bits per heavy atom. The summed E-state index contributed by atoms with van der Waals surface area (Å²) in [5.41, 5.74) is 8.58. The second-order valence-corrected chi connectivity index (χ2v) is 9.18. The zero-order valence-electron chi connectivity index (χ0n) is 20.1. The minimum absolute atomic E-state index is 0.0956. The number of amides is 3. The molecule has 2 unspecified atom stereocenters. The molecular weight excluding hydrogens is 480 g/mol. The van der Waals surface area contributed by atoms with E-state index in [9.17, 15) is 14.4 Å². The summed E-state index contributed by atoms with van der Waals surface area (Å²) in [7, 11) is 0. The van der Waals surface area contributed by atoms with Gasteiger partial charge < -0.3 is 35.7 Å². The summed E-state index contributed by atoms with van der Waals surface area (Å²) < 4.78 is 6.32. The van der Waals surface area contributed by atoms with Gasteiger partial charge in [0.05, 0.1) is 18.8 Å². The molecule has 5 N–H and O–H groups in total. The van der Waals surface area contributed by atoms with Crippen LogP contribution in [0.2, 0.25) is 0 Å². The van der Waals surface area contributed by atoms with Crippen molar-refractivity contribution in [2.24, 2.45) is 5.73 Å². The predicted molar refractivity (Wildman–Crippen MR) is 132 cm³/mol. The van der Waals surface area contributed by atoms with Crippen molar-refractivity contribution in [3.8, 4) is 5.75 Å². The Morgan fingerprint density at radius 2 is 2.11 bits per heavy atom. The van der Waals surface area contributed by atoms with Crippen LogP contribution in [-0.4, -0.2) is 79.6 Å². The number of imidazole rings is 1. The quantitative estimate of drug-likeness (QED) is 0.342. The van der Waals surface area contributed by atoms with Gasteiger partial charge in [0, 0.05) is 25.2 Å². The van der Waals surface area contributed by atoms with Crippen LogP contribution in [-0.2, 0) is 22.6 Å². The van der Waals surface area contributed by atoms with Crippen LogP contribution in [0.15, 0.2) is 30.9 Å². The highest BCUT2D eigenvalue weighted by molar-refractivity contribution is 5.90. The molecule has 2 aromatic heterocycles. The third-order valence-electron chi connectivity index (χ3n) is 6.83. The van der Waals surface area contributed by atoms with E-state index in [1.165, 1.54) is 11.2 Å². The number of fused-ring (bicyclic) bond motifs is 2. The van der Waals surface area contributed by atoms with Crippen LogP contribution in [0.1, 0.15) is 30.4 Å². The minimum Gasteiger partial charge on any atom is -0.491 e. The van der Waals surface area contributed by atoms with Gasteiger partial charge in [0.2, 0.25) is 11.8 Å². The molecule has 1 saturated heterocycles. The molecule has 2 aliphatic rings. The highest BCUT2D eigenvalue weighted by atomic mass is 16.5. The molecule has 2 aliphatic heterocycles. The molecule has 0 spiro atoms. The number of carboxylic acid groups (broad SMARTS) is 1. The van der Waals surface area contributed by atoms with Gasteiger partial charge in [0.25, 0.3) is 0 Å². The van der Waals surface area contributed by atoms with Gasteiger partial charge in [0.15, 0.2) is 11.5 Å². The molecular formula is C24H28N8O5. The van der Waals surface area contributed by atoms with Crippen molar-refractivity contribution in [2.75, 3.05) is 24.6 Å². The van der Waals surface area contributed by atoms with E-state index in [1.54, 1.807) is 6.33 Å². The third kappa shape index (κ3) is 5.10. The van der Waals surface area contributed by atoms with E-state index in [0.29, 0.717) is 31.0 Å². The highest BCUT2D eigenvalue weighted by Gasteiger charge is 2.32. The summed E-state index contributed by atoms with van der Waals surface area (Å²) in [6.45, 7) is 1.91. The molecule has 194 valence electrons. The number of primary amides is 1. The maximum Gasteiger partial charge on any atom is 0.405 e. The van der Waals surface area contributed by atoms with E-state index >= 15 is 0 Å². The lowest BCUT2D eigenvalue weighted by atomic mass is 9.98. The summed E-state index contributed by atoms with van der Waals surface area (Å²) in [6.07, 6.45) is 3.85. The van der Waals surface area contributed by atoms with Crippen LogP contribution in [0.3, 0.4) is 0 Å². The van der Waals surface area contributed by atoms with Gasteiger partial charge in [-0.3, -0.25) is 9.59 Å². The number of hydrogen-bond donors (Lipinski definition) is 4. The minimum atomic E-state index is -1.39. The fourth-order valence-electron chi connectivity index (χ4n) is 5.09. The average Bonchev–Trinajstić information content (AvgIpc) is 3.55. The van der Waals surface area contributed by atoms with Crippen molar-refractivity contribution in [2.45, 2.75) is 44.3 Å². The number of hydrogen-bond acceptors (Lipinski definition) is 8. The Balaban J connectivity index is 1.31. The molecule has 0 saturated carbocycles. The molecule has 3 aromatic rings. The number of aromatic amines is 1. The van der Waals surface area contributed by atoms with Crippen LogP contribution in [0.5, 0.6) is 5.75 Å². The maximum absolute atomic E-state index is 13.1. The Bertz CT molecular complexity index is 1310. The molecule has 0 bridgehead atoms. The number of carbonyl (C=O) groups excluding carboxylic acids is 2. The van der Waals surface area contributed by atoms with Crippen molar-refractivity contribution in [3.63, 3.8) is 0 Å². The van der Waals surface area contributed by atoms with Crippen molar-refractivity contribution in [1.29, 1.82) is 0 Å². The van der Waals surface area contributed by atoms with E-state index < -0.39 is 30.4 Å². The van der Waals surface area contributed by atoms with Gasteiger partial charge in [-0.05, 0) is 30.9 Å². The lowest BCUT2D eigenvalue weighted by Gasteiger charge is -2.33. The monoisotopic (exact) mass is 508 g/mol. The SMILES string of the molecule is NC(=O)CC(NC(=O)O)C(=O)N1CCc2cccc(OCC3CCCN3c3ncnc4nc[nH]c34)c2C1. The lowest BCUT2D eigenvalue weighted by Crippen LogP contribution is -2.51. The molecule has 5 rings (SSSR count). The molecule has 4 heterocycles. The number of nitrogens with zero attached hydrogens (tertiary/aromatic N) is 5. The normalized spacial score (nSPS) is 17.9. The van der Waals surface area contributed by atoms with Crippen molar-refractivity contribution in [1.82, 2.24) is 30.2 Å². The Kier molecular flexibility index (Phi) is 6.75. The van der Waals surface area contributed by atoms with Gasteiger partial charge in [-0.2, -0.15) is 0 Å². The van der Waals surface area contributed by atoms with Gasteiger partial charge in [-0.1, -0.05) is 12.1 Å². The Morgan fingerprint density at radius 1 is 1.24 bits per heavy atom. The fraction of sp³-hybridized carbons (Fsp3) is 0.417. The topological polar surface area (TPSA) is 180 Å². The van der Waals surface area contributed by atoms with Gasteiger partial charge in [-0.15, -0.1) is 0 Å². The first-order valence-electron chi connectivity index (χ1n) is 12.1. The molecule has 3 amide bonds. The summed E-state index contributed by atoms with van der Waals surface area (Å²) in [5.74, 6) is 0.224. The van der Waals surface area contributed by atoms with E-state index in [-0.39, 0.29) is 12.6 Å². The molecule has 0 aliphatic carbocycles. The Labute approximate surface area is 212 Å². The molecule has 1 fully saturated rings. The first-order chi connectivity index (χ1) is 17.9. The van der Waals surface area contributed by atoms with E-state index in [2.05, 4.69) is 30.2 Å². The van der Waals surface area contributed by atoms with E-state index in [4.69, 9.17) is 15.6 Å². The standard InChI is InChI=1S/C24H28N8O5/c25-19(33)9-17(30-24(35)36)23(34)31-8-6-14-3-1-5-18(16(14)10-31)37-11-15-4-2-7-32(15)22-20-21(27-12-26-20)28-13-29-22/h1,3,5,12-13,15,17,30H,2,4,6-11H2,(H2,25,33)(H,35,36)(H,26,27,28,29). The first-order valence-corrected chi connectivity index (χ1v) is 12.1. The van der Waals surface area contributed by atoms with Crippen molar-refractivity contribution in [3.05, 3.63) is 42.0 Å². The fourth-order valence-corrected chi connectivity index (χ4v) is 5.09. The number of aromatic nitrogens is 4.